The highest BCUT2D eigenvalue weighted by atomic mass is 16.5. The number of morpholine rings is 1. The van der Waals surface area contributed by atoms with Crippen LogP contribution in [0.4, 0.5) is 5.82 Å². The zero-order chi connectivity index (χ0) is 21.2. The van der Waals surface area contributed by atoms with Crippen LogP contribution in [0.3, 0.4) is 0 Å². The third-order valence-corrected chi connectivity index (χ3v) is 5.90. The van der Waals surface area contributed by atoms with E-state index < -0.39 is 0 Å². The molecular weight excluding hydrogens is 392 g/mol. The van der Waals surface area contributed by atoms with E-state index in [9.17, 15) is 4.79 Å². The summed E-state index contributed by atoms with van der Waals surface area (Å²) in [6.07, 6.45) is 2.80. The highest BCUT2D eigenvalue weighted by molar-refractivity contribution is 6.00. The molecule has 3 aromatic rings. The standard InChI is InChI=1S/C23H26N6O2/c1-24-23(30)16-4-2-3-15(13-16)18-14-20(29-9-11-31-12-10-29)27-21-17(18)5-7-25-22(21)19-6-8-26-28-19/h2-5,7,13-14,19,26,28H,6,8-12H2,1H3,(H,24,30). The van der Waals surface area contributed by atoms with Gasteiger partial charge in [0.05, 0.1) is 30.5 Å². The molecule has 3 N–H and O–H groups in total. The van der Waals surface area contributed by atoms with Crippen molar-refractivity contribution < 1.29 is 9.53 Å². The van der Waals surface area contributed by atoms with Gasteiger partial charge in [-0.05, 0) is 41.8 Å². The third-order valence-electron chi connectivity index (χ3n) is 5.90. The SMILES string of the molecule is CNC(=O)c1cccc(-c2cc(N3CCOCC3)nc3c(C4CCNN4)nccc23)c1. The number of hydrazine groups is 1. The first-order valence-corrected chi connectivity index (χ1v) is 10.7. The molecule has 0 bridgehead atoms. The summed E-state index contributed by atoms with van der Waals surface area (Å²) in [4.78, 5) is 24.2. The van der Waals surface area contributed by atoms with Crippen molar-refractivity contribution in [1.82, 2.24) is 26.1 Å². The first kappa shape index (κ1) is 19.9. The minimum atomic E-state index is -0.0998. The van der Waals surface area contributed by atoms with Gasteiger partial charge in [0.1, 0.15) is 5.82 Å². The predicted octanol–water partition coefficient (Wildman–Crippen LogP) is 2.03. The van der Waals surface area contributed by atoms with Gasteiger partial charge in [-0.25, -0.2) is 10.4 Å². The van der Waals surface area contributed by atoms with E-state index in [2.05, 4.69) is 27.1 Å². The second kappa shape index (κ2) is 8.58. The Hall–Kier alpha value is -3.07. The van der Waals surface area contributed by atoms with Crippen molar-refractivity contribution in [3.05, 3.63) is 53.9 Å². The molecule has 160 valence electrons. The predicted molar refractivity (Wildman–Crippen MR) is 120 cm³/mol. The maximum atomic E-state index is 12.2. The largest absolute Gasteiger partial charge is 0.378 e. The monoisotopic (exact) mass is 418 g/mol. The van der Waals surface area contributed by atoms with Crippen LogP contribution in [0, 0.1) is 0 Å². The minimum Gasteiger partial charge on any atom is -0.378 e. The van der Waals surface area contributed by atoms with Gasteiger partial charge in [0.15, 0.2) is 0 Å². The molecule has 0 saturated carbocycles. The van der Waals surface area contributed by atoms with Crippen LogP contribution in [0.2, 0.25) is 0 Å². The number of amides is 1. The fraction of sp³-hybridized carbons (Fsp3) is 0.348. The third kappa shape index (κ3) is 3.85. The molecular formula is C23H26N6O2. The highest BCUT2D eigenvalue weighted by Gasteiger charge is 2.23. The quantitative estimate of drug-likeness (QED) is 0.597. The lowest BCUT2D eigenvalue weighted by molar-refractivity contribution is 0.0963. The number of carbonyl (C=O) groups is 1. The molecule has 0 radical (unpaired) electrons. The number of fused-ring (bicyclic) bond motifs is 1. The summed E-state index contributed by atoms with van der Waals surface area (Å²) >= 11 is 0. The van der Waals surface area contributed by atoms with Crippen molar-refractivity contribution in [2.24, 2.45) is 0 Å². The molecule has 1 amide bonds. The minimum absolute atomic E-state index is 0.0998. The average molecular weight is 419 g/mol. The summed E-state index contributed by atoms with van der Waals surface area (Å²) in [7, 11) is 1.65. The number of hydrogen-bond donors (Lipinski definition) is 3. The van der Waals surface area contributed by atoms with E-state index >= 15 is 0 Å². The van der Waals surface area contributed by atoms with Crippen LogP contribution in [-0.2, 0) is 4.74 Å². The zero-order valence-electron chi connectivity index (χ0n) is 17.5. The van der Waals surface area contributed by atoms with E-state index in [0.29, 0.717) is 18.8 Å². The normalized spacial score (nSPS) is 19.0. The Morgan fingerprint density at radius 3 is 2.87 bits per heavy atom. The number of hydrogen-bond acceptors (Lipinski definition) is 7. The van der Waals surface area contributed by atoms with Crippen LogP contribution in [0.5, 0.6) is 0 Å². The second-order valence-electron chi connectivity index (χ2n) is 7.79. The maximum absolute atomic E-state index is 12.2. The number of ether oxygens (including phenoxy) is 1. The lowest BCUT2D eigenvalue weighted by atomic mass is 9.97. The van der Waals surface area contributed by atoms with Crippen molar-refractivity contribution in [2.45, 2.75) is 12.5 Å². The molecule has 1 atom stereocenters. The Labute approximate surface area is 181 Å². The van der Waals surface area contributed by atoms with Crippen LogP contribution in [0.25, 0.3) is 22.0 Å². The summed E-state index contributed by atoms with van der Waals surface area (Å²) in [5, 5.41) is 3.74. The molecule has 0 aliphatic carbocycles. The molecule has 5 rings (SSSR count). The summed E-state index contributed by atoms with van der Waals surface area (Å²) in [6, 6.07) is 12.0. The van der Waals surface area contributed by atoms with Crippen LogP contribution in [0.1, 0.15) is 28.5 Å². The number of nitrogens with zero attached hydrogens (tertiary/aromatic N) is 3. The van der Waals surface area contributed by atoms with Gasteiger partial charge in [0.25, 0.3) is 5.91 Å². The summed E-state index contributed by atoms with van der Waals surface area (Å²) < 4.78 is 5.54. The zero-order valence-corrected chi connectivity index (χ0v) is 17.5. The first-order chi connectivity index (χ1) is 15.2. The molecule has 1 aromatic carbocycles. The van der Waals surface area contributed by atoms with E-state index in [1.165, 1.54) is 0 Å². The van der Waals surface area contributed by atoms with Crippen LogP contribution in [-0.4, -0.2) is 55.8 Å². The van der Waals surface area contributed by atoms with Crippen LogP contribution in [0.15, 0.2) is 42.6 Å². The topological polar surface area (TPSA) is 91.4 Å². The summed E-state index contributed by atoms with van der Waals surface area (Å²) in [5.41, 5.74) is 11.0. The lowest BCUT2D eigenvalue weighted by Crippen LogP contribution is -2.36. The molecule has 2 fully saturated rings. The van der Waals surface area contributed by atoms with E-state index in [1.807, 2.05) is 36.5 Å². The number of benzene rings is 1. The van der Waals surface area contributed by atoms with Gasteiger partial charge in [0.2, 0.25) is 0 Å². The van der Waals surface area contributed by atoms with Crippen molar-refractivity contribution in [2.75, 3.05) is 44.8 Å². The molecule has 8 nitrogen and oxygen atoms in total. The second-order valence-corrected chi connectivity index (χ2v) is 7.79. The van der Waals surface area contributed by atoms with Crippen molar-refractivity contribution >= 4 is 22.6 Å². The van der Waals surface area contributed by atoms with Gasteiger partial charge in [0, 0.05) is 43.8 Å². The van der Waals surface area contributed by atoms with Gasteiger partial charge in [-0.1, -0.05) is 12.1 Å². The Balaban J connectivity index is 1.71. The molecule has 0 spiro atoms. The molecule has 2 aliphatic heterocycles. The number of carbonyl (C=O) groups excluding carboxylic acids is 1. The van der Waals surface area contributed by atoms with Gasteiger partial charge in [-0.3, -0.25) is 15.2 Å². The summed E-state index contributed by atoms with van der Waals surface area (Å²) in [6.45, 7) is 3.88. The van der Waals surface area contributed by atoms with Crippen LogP contribution < -0.4 is 21.1 Å². The van der Waals surface area contributed by atoms with E-state index in [4.69, 9.17) is 14.7 Å². The van der Waals surface area contributed by atoms with Gasteiger partial charge in [-0.15, -0.1) is 0 Å². The van der Waals surface area contributed by atoms with Crippen molar-refractivity contribution in [3.63, 3.8) is 0 Å². The highest BCUT2D eigenvalue weighted by Crippen LogP contribution is 2.35. The van der Waals surface area contributed by atoms with Gasteiger partial charge in [-0.2, -0.15) is 0 Å². The molecule has 8 heteroatoms. The number of rotatable bonds is 4. The fourth-order valence-electron chi connectivity index (χ4n) is 4.27. The number of aromatic nitrogens is 2. The Morgan fingerprint density at radius 1 is 1.23 bits per heavy atom. The van der Waals surface area contributed by atoms with Gasteiger partial charge >= 0.3 is 0 Å². The molecule has 31 heavy (non-hydrogen) atoms. The molecule has 1 unspecified atom stereocenters. The van der Waals surface area contributed by atoms with E-state index in [-0.39, 0.29) is 11.9 Å². The average Bonchev–Trinajstić information content (AvgIpc) is 3.38. The van der Waals surface area contributed by atoms with Crippen LogP contribution >= 0.6 is 0 Å². The van der Waals surface area contributed by atoms with E-state index in [1.54, 1.807) is 7.05 Å². The van der Waals surface area contributed by atoms with Crippen molar-refractivity contribution in [3.8, 4) is 11.1 Å². The Morgan fingerprint density at radius 2 is 2.10 bits per heavy atom. The number of anilines is 1. The fourth-order valence-corrected chi connectivity index (χ4v) is 4.27. The molecule has 4 heterocycles. The van der Waals surface area contributed by atoms with E-state index in [0.717, 1.165) is 59.6 Å². The lowest BCUT2D eigenvalue weighted by Gasteiger charge is -2.29. The number of nitrogens with one attached hydrogen (secondary N) is 3. The molecule has 2 saturated heterocycles. The smallest absolute Gasteiger partial charge is 0.251 e. The van der Waals surface area contributed by atoms with Crippen molar-refractivity contribution in [1.29, 1.82) is 0 Å². The summed E-state index contributed by atoms with van der Waals surface area (Å²) in [5.74, 6) is 0.813. The maximum Gasteiger partial charge on any atom is 0.251 e. The first-order valence-electron chi connectivity index (χ1n) is 10.7. The Bertz CT molecular complexity index is 1110. The number of pyridine rings is 2. The molecule has 2 aromatic heterocycles. The Kier molecular flexibility index (Phi) is 5.50. The molecule has 2 aliphatic rings. The van der Waals surface area contributed by atoms with Gasteiger partial charge < -0.3 is 15.0 Å².